The first-order valence-electron chi connectivity index (χ1n) is 8.55. The Hall–Kier alpha value is -0.830. The number of benzene rings is 1. The van der Waals surface area contributed by atoms with Crippen LogP contribution in [0.3, 0.4) is 0 Å². The first kappa shape index (κ1) is 18.5. The van der Waals surface area contributed by atoms with E-state index >= 15 is 0 Å². The maximum atomic E-state index is 13.0. The summed E-state index contributed by atoms with van der Waals surface area (Å²) in [4.78, 5) is 2.00. The van der Waals surface area contributed by atoms with Gasteiger partial charge < -0.3 is 9.42 Å². The zero-order chi connectivity index (χ0) is 17.2. The topological polar surface area (TPSA) is 55.6 Å². The molecule has 0 saturated heterocycles. The molecule has 2 N–H and O–H groups in total. The van der Waals surface area contributed by atoms with E-state index < -0.39 is 7.52 Å². The third-order valence-corrected chi connectivity index (χ3v) is 6.58. The summed E-state index contributed by atoms with van der Waals surface area (Å²) in [6.07, 6.45) is 3.28. The minimum absolute atomic E-state index is 0.0110. The summed E-state index contributed by atoms with van der Waals surface area (Å²) >= 11 is 0. The molecule has 0 radical (unpaired) electrons. The monoisotopic (exact) mass is 338 g/mol. The maximum Gasteiger partial charge on any atom is 0.297 e. The van der Waals surface area contributed by atoms with E-state index in [1.54, 1.807) is 0 Å². The minimum atomic E-state index is -3.29. The molecule has 0 aliphatic heterocycles. The van der Waals surface area contributed by atoms with Gasteiger partial charge in [0.2, 0.25) is 0 Å². The minimum Gasteiger partial charge on any atom is -0.378 e. The van der Waals surface area contributed by atoms with Gasteiger partial charge in [0.05, 0.1) is 11.4 Å². The van der Waals surface area contributed by atoms with Gasteiger partial charge in [0.1, 0.15) is 0 Å². The average molecular weight is 338 g/mol. The number of nitrogens with two attached hydrogens (primary N) is 1. The van der Waals surface area contributed by atoms with Crippen LogP contribution in [0.4, 0.5) is 5.69 Å². The first-order valence-corrected chi connectivity index (χ1v) is 10.2. The van der Waals surface area contributed by atoms with Crippen LogP contribution in [0.25, 0.3) is 0 Å². The lowest BCUT2D eigenvalue weighted by atomic mass is 9.75. The molecular weight excluding hydrogens is 307 g/mol. The van der Waals surface area contributed by atoms with Gasteiger partial charge in [0.25, 0.3) is 7.52 Å². The molecule has 0 amide bonds. The number of rotatable bonds is 5. The van der Waals surface area contributed by atoms with Gasteiger partial charge in [0, 0.05) is 19.8 Å². The van der Waals surface area contributed by atoms with Gasteiger partial charge in [-0.1, -0.05) is 27.2 Å². The molecule has 0 heterocycles. The van der Waals surface area contributed by atoms with E-state index in [9.17, 15) is 4.57 Å². The van der Waals surface area contributed by atoms with E-state index in [2.05, 4.69) is 20.8 Å². The van der Waals surface area contributed by atoms with Crippen LogP contribution in [-0.2, 0) is 9.09 Å². The Labute approximate surface area is 140 Å². The molecular formula is C18H31N2O2P. The van der Waals surface area contributed by atoms with Crippen molar-refractivity contribution in [3.05, 3.63) is 24.3 Å². The van der Waals surface area contributed by atoms with Crippen molar-refractivity contribution in [1.29, 1.82) is 0 Å². The Morgan fingerprint density at radius 1 is 1.22 bits per heavy atom. The highest BCUT2D eigenvalue weighted by atomic mass is 31.2. The SMILES string of the molecule is CC(C)[C@@H]1CC[C@H](C)C[C@H]1O[P@@](N)(=O)c1ccc(N(C)C)cc1. The van der Waals surface area contributed by atoms with Crippen LogP contribution < -0.4 is 15.7 Å². The van der Waals surface area contributed by atoms with E-state index in [4.69, 9.17) is 10.0 Å². The Morgan fingerprint density at radius 2 is 1.83 bits per heavy atom. The highest BCUT2D eigenvalue weighted by molar-refractivity contribution is 7.64. The predicted molar refractivity (Wildman–Crippen MR) is 98.4 cm³/mol. The lowest BCUT2D eigenvalue weighted by Crippen LogP contribution is -2.35. The lowest BCUT2D eigenvalue weighted by Gasteiger charge is -2.38. The van der Waals surface area contributed by atoms with Crippen molar-refractivity contribution in [2.24, 2.45) is 23.3 Å². The van der Waals surface area contributed by atoms with Crippen LogP contribution in [0, 0.1) is 17.8 Å². The summed E-state index contributed by atoms with van der Waals surface area (Å²) in [5.74, 6) is 1.55. The molecule has 1 aromatic rings. The van der Waals surface area contributed by atoms with E-state index in [1.165, 1.54) is 6.42 Å². The Bertz CT molecular complexity index is 557. The van der Waals surface area contributed by atoms with E-state index in [0.29, 0.717) is 23.1 Å². The van der Waals surface area contributed by atoms with Crippen LogP contribution >= 0.6 is 7.52 Å². The molecule has 0 bridgehead atoms. The predicted octanol–water partition coefficient (Wildman–Crippen LogP) is 4.01. The molecule has 130 valence electrons. The first-order chi connectivity index (χ1) is 10.7. The average Bonchev–Trinajstić information content (AvgIpc) is 2.46. The molecule has 1 aromatic carbocycles. The van der Waals surface area contributed by atoms with Gasteiger partial charge in [-0.05, 0) is 54.9 Å². The van der Waals surface area contributed by atoms with Gasteiger partial charge >= 0.3 is 0 Å². The number of hydrogen-bond acceptors (Lipinski definition) is 3. The standard InChI is InChI=1S/C18H31N2O2P/c1-13(2)17-11-6-14(3)12-18(17)22-23(19,21)16-9-7-15(8-10-16)20(4)5/h7-10,13-14,17-18H,6,11-12H2,1-5H3,(H2,19,21)/t14-,17-,18+,23-/m0/s1. The van der Waals surface area contributed by atoms with E-state index in [-0.39, 0.29) is 6.10 Å². The molecule has 0 aromatic heterocycles. The zero-order valence-corrected chi connectivity index (χ0v) is 15.9. The van der Waals surface area contributed by atoms with Crippen molar-refractivity contribution < 1.29 is 9.09 Å². The van der Waals surface area contributed by atoms with Crippen molar-refractivity contribution in [3.63, 3.8) is 0 Å². The highest BCUT2D eigenvalue weighted by Gasteiger charge is 2.36. The molecule has 0 unspecified atom stereocenters. The van der Waals surface area contributed by atoms with Gasteiger partial charge in [-0.2, -0.15) is 0 Å². The molecule has 4 atom stereocenters. The fourth-order valence-corrected chi connectivity index (χ4v) is 4.79. The van der Waals surface area contributed by atoms with Crippen LogP contribution in [0.2, 0.25) is 0 Å². The molecule has 4 nitrogen and oxygen atoms in total. The molecule has 5 heteroatoms. The maximum absolute atomic E-state index is 13.0. The van der Waals surface area contributed by atoms with Crippen LogP contribution in [0.15, 0.2) is 24.3 Å². The fraction of sp³-hybridized carbons (Fsp3) is 0.667. The smallest absolute Gasteiger partial charge is 0.297 e. The number of nitrogens with zero attached hydrogens (tertiary/aromatic N) is 1. The third-order valence-electron chi connectivity index (χ3n) is 4.98. The zero-order valence-electron chi connectivity index (χ0n) is 15.0. The normalized spacial score (nSPS) is 27.7. The second-order valence-electron chi connectivity index (χ2n) is 7.48. The van der Waals surface area contributed by atoms with Crippen LogP contribution in [0.1, 0.15) is 40.0 Å². The second kappa shape index (κ2) is 7.38. The summed E-state index contributed by atoms with van der Waals surface area (Å²) in [7, 11) is 0.667. The van der Waals surface area contributed by atoms with Crippen molar-refractivity contribution in [3.8, 4) is 0 Å². The Kier molecular flexibility index (Phi) is 5.94. The van der Waals surface area contributed by atoms with Crippen LogP contribution in [0.5, 0.6) is 0 Å². The molecule has 1 saturated carbocycles. The summed E-state index contributed by atoms with van der Waals surface area (Å²) in [5.41, 5.74) is 7.18. The van der Waals surface area contributed by atoms with Crippen molar-refractivity contribution >= 4 is 18.5 Å². The largest absolute Gasteiger partial charge is 0.378 e. The van der Waals surface area contributed by atoms with E-state index in [0.717, 1.165) is 18.5 Å². The second-order valence-corrected chi connectivity index (χ2v) is 9.40. The van der Waals surface area contributed by atoms with Gasteiger partial charge in [-0.15, -0.1) is 0 Å². The Morgan fingerprint density at radius 3 is 2.35 bits per heavy atom. The van der Waals surface area contributed by atoms with Crippen LogP contribution in [-0.4, -0.2) is 20.2 Å². The third kappa shape index (κ3) is 4.59. The van der Waals surface area contributed by atoms with Crippen molar-refractivity contribution in [2.75, 3.05) is 19.0 Å². The van der Waals surface area contributed by atoms with Gasteiger partial charge in [0.15, 0.2) is 0 Å². The lowest BCUT2D eigenvalue weighted by molar-refractivity contribution is 0.0498. The Balaban J connectivity index is 2.16. The van der Waals surface area contributed by atoms with Gasteiger partial charge in [-0.25, -0.2) is 0 Å². The van der Waals surface area contributed by atoms with E-state index in [1.807, 2.05) is 43.3 Å². The van der Waals surface area contributed by atoms with Crippen molar-refractivity contribution in [2.45, 2.75) is 46.1 Å². The molecule has 23 heavy (non-hydrogen) atoms. The van der Waals surface area contributed by atoms with Gasteiger partial charge in [-0.3, -0.25) is 10.1 Å². The quantitative estimate of drug-likeness (QED) is 0.824. The fourth-order valence-electron chi connectivity index (χ4n) is 3.46. The highest BCUT2D eigenvalue weighted by Crippen LogP contribution is 2.45. The summed E-state index contributed by atoms with van der Waals surface area (Å²) in [5, 5.41) is 0.601. The van der Waals surface area contributed by atoms with Crippen molar-refractivity contribution in [1.82, 2.24) is 0 Å². The number of hydrogen-bond donors (Lipinski definition) is 1. The molecule has 1 fully saturated rings. The molecule has 0 spiro atoms. The summed E-state index contributed by atoms with van der Waals surface area (Å²) < 4.78 is 19.0. The summed E-state index contributed by atoms with van der Waals surface area (Å²) in [6.45, 7) is 6.66. The number of anilines is 1. The molecule has 1 aliphatic rings. The molecule has 2 rings (SSSR count). The molecule has 1 aliphatic carbocycles. The summed E-state index contributed by atoms with van der Waals surface area (Å²) in [6, 6.07) is 7.52.